The Morgan fingerprint density at radius 3 is 2.50 bits per heavy atom. The summed E-state index contributed by atoms with van der Waals surface area (Å²) in [5.74, 6) is -1.01. The second-order valence-electron chi connectivity index (χ2n) is 4.04. The lowest BCUT2D eigenvalue weighted by atomic mass is 10.4. The van der Waals surface area contributed by atoms with Crippen molar-refractivity contribution in [3.05, 3.63) is 29.8 Å². The van der Waals surface area contributed by atoms with Gasteiger partial charge in [0.1, 0.15) is 11.6 Å². The van der Waals surface area contributed by atoms with Crippen molar-refractivity contribution in [3.63, 3.8) is 0 Å². The minimum Gasteiger partial charge on any atom is -0.373 e. The lowest BCUT2D eigenvalue weighted by Gasteiger charge is -2.10. The largest absolute Gasteiger partial charge is 0.451 e. The van der Waals surface area contributed by atoms with Crippen LogP contribution in [0, 0.1) is 0 Å². The number of halogens is 3. The van der Waals surface area contributed by atoms with Gasteiger partial charge in [0.25, 0.3) is 0 Å². The van der Waals surface area contributed by atoms with Crippen LogP contribution in [0.3, 0.4) is 0 Å². The zero-order valence-electron chi connectivity index (χ0n) is 10.9. The molecule has 0 radical (unpaired) electrons. The normalized spacial score (nSPS) is 11.4. The topological polar surface area (TPSA) is 67.7 Å². The zero-order chi connectivity index (χ0) is 14.8. The molecule has 2 heterocycles. The molecule has 0 amide bonds. The summed E-state index contributed by atoms with van der Waals surface area (Å²) in [5.41, 5.74) is 0.700. The van der Waals surface area contributed by atoms with Gasteiger partial charge >= 0.3 is 6.18 Å². The Morgan fingerprint density at radius 2 is 1.95 bits per heavy atom. The predicted octanol–water partition coefficient (Wildman–Crippen LogP) is 1.88. The first-order valence-electron chi connectivity index (χ1n) is 5.75. The Balaban J connectivity index is 2.18. The quantitative estimate of drug-likeness (QED) is 0.898. The van der Waals surface area contributed by atoms with Gasteiger partial charge in [0.15, 0.2) is 0 Å². The average molecular weight is 286 g/mol. The Morgan fingerprint density at radius 1 is 1.25 bits per heavy atom. The maximum atomic E-state index is 12.7. The van der Waals surface area contributed by atoms with Crippen LogP contribution >= 0.6 is 0 Å². The van der Waals surface area contributed by atoms with Gasteiger partial charge in [-0.3, -0.25) is 4.68 Å². The summed E-state index contributed by atoms with van der Waals surface area (Å²) < 4.78 is 39.6. The first-order chi connectivity index (χ1) is 9.38. The summed E-state index contributed by atoms with van der Waals surface area (Å²) in [7, 11) is 3.25. The molecule has 2 aromatic rings. The Labute approximate surface area is 113 Å². The molecule has 0 unspecified atom stereocenters. The zero-order valence-corrected chi connectivity index (χ0v) is 10.9. The van der Waals surface area contributed by atoms with E-state index in [9.17, 15) is 13.2 Å². The number of aromatic nitrogens is 4. The van der Waals surface area contributed by atoms with Crippen LogP contribution in [0.25, 0.3) is 0 Å². The maximum Gasteiger partial charge on any atom is 0.451 e. The molecule has 0 aliphatic rings. The number of aryl methyl sites for hydroxylation is 1. The molecule has 2 aromatic heterocycles. The first kappa shape index (κ1) is 14.1. The van der Waals surface area contributed by atoms with E-state index >= 15 is 0 Å². The van der Waals surface area contributed by atoms with Crippen LogP contribution in [0.15, 0.2) is 18.3 Å². The van der Waals surface area contributed by atoms with Crippen LogP contribution in [-0.4, -0.2) is 26.8 Å². The first-order valence-corrected chi connectivity index (χ1v) is 5.75. The van der Waals surface area contributed by atoms with Gasteiger partial charge in [-0.2, -0.15) is 18.3 Å². The van der Waals surface area contributed by atoms with Gasteiger partial charge in [0.05, 0.1) is 12.2 Å². The van der Waals surface area contributed by atoms with Crippen molar-refractivity contribution >= 4 is 11.6 Å². The third kappa shape index (κ3) is 3.37. The fraction of sp³-hybridized carbons (Fsp3) is 0.364. The smallest absolute Gasteiger partial charge is 0.373 e. The van der Waals surface area contributed by atoms with Gasteiger partial charge in [-0.25, -0.2) is 9.97 Å². The molecule has 2 rings (SSSR count). The minimum atomic E-state index is -4.59. The molecular formula is C11H13F3N6. The van der Waals surface area contributed by atoms with Crippen LogP contribution in [0.4, 0.5) is 24.8 Å². The van der Waals surface area contributed by atoms with Crippen LogP contribution in [0.1, 0.15) is 11.5 Å². The monoisotopic (exact) mass is 286 g/mol. The van der Waals surface area contributed by atoms with E-state index in [1.54, 1.807) is 24.0 Å². The van der Waals surface area contributed by atoms with E-state index in [0.29, 0.717) is 5.69 Å². The molecule has 0 fully saturated rings. The highest BCUT2D eigenvalue weighted by Crippen LogP contribution is 2.28. The number of hydrogen-bond donors (Lipinski definition) is 2. The standard InChI is InChI=1S/C11H13F3N6/c1-15-8-5-9(18-10(17-8)11(12,13)14)16-6-7-3-4-20(2)19-7/h3-5H,6H2,1-2H3,(H2,15,16,17,18). The van der Waals surface area contributed by atoms with Crippen LogP contribution in [-0.2, 0) is 19.8 Å². The summed E-state index contributed by atoms with van der Waals surface area (Å²) in [6, 6.07) is 3.16. The van der Waals surface area contributed by atoms with Crippen molar-refractivity contribution in [2.75, 3.05) is 17.7 Å². The van der Waals surface area contributed by atoms with Gasteiger partial charge in [0, 0.05) is 26.4 Å². The molecule has 0 bridgehead atoms. The van der Waals surface area contributed by atoms with E-state index in [0.717, 1.165) is 0 Å². The Kier molecular flexibility index (Phi) is 3.77. The number of nitrogens with one attached hydrogen (secondary N) is 2. The van der Waals surface area contributed by atoms with Crippen molar-refractivity contribution in [3.8, 4) is 0 Å². The van der Waals surface area contributed by atoms with Crippen LogP contribution in [0.2, 0.25) is 0 Å². The second-order valence-corrected chi connectivity index (χ2v) is 4.04. The van der Waals surface area contributed by atoms with Gasteiger partial charge in [-0.15, -0.1) is 0 Å². The highest BCUT2D eigenvalue weighted by molar-refractivity contribution is 5.47. The summed E-state index contributed by atoms with van der Waals surface area (Å²) in [4.78, 5) is 6.83. The molecule has 20 heavy (non-hydrogen) atoms. The molecule has 0 spiro atoms. The number of alkyl halides is 3. The van der Waals surface area contributed by atoms with E-state index in [-0.39, 0.29) is 18.2 Å². The predicted molar refractivity (Wildman–Crippen MR) is 67.1 cm³/mol. The van der Waals surface area contributed by atoms with E-state index in [1.165, 1.54) is 13.1 Å². The van der Waals surface area contributed by atoms with Crippen LogP contribution in [0.5, 0.6) is 0 Å². The number of rotatable bonds is 4. The molecule has 9 heteroatoms. The fourth-order valence-corrected chi connectivity index (χ4v) is 1.53. The van der Waals surface area contributed by atoms with Gasteiger partial charge in [-0.05, 0) is 6.07 Å². The highest BCUT2D eigenvalue weighted by atomic mass is 19.4. The summed E-state index contributed by atoms with van der Waals surface area (Å²) in [5, 5.41) is 9.48. The third-order valence-electron chi connectivity index (χ3n) is 2.46. The van der Waals surface area contributed by atoms with E-state index in [4.69, 9.17) is 0 Å². The van der Waals surface area contributed by atoms with Crippen molar-refractivity contribution < 1.29 is 13.2 Å². The number of nitrogens with zero attached hydrogens (tertiary/aromatic N) is 4. The maximum absolute atomic E-state index is 12.7. The molecule has 0 saturated heterocycles. The second kappa shape index (κ2) is 5.35. The van der Waals surface area contributed by atoms with Gasteiger partial charge < -0.3 is 10.6 Å². The molecule has 108 valence electrons. The Hall–Kier alpha value is -2.32. The summed E-state index contributed by atoms with van der Waals surface area (Å²) in [6.07, 6.45) is -2.84. The van der Waals surface area contributed by atoms with Gasteiger partial charge in [-0.1, -0.05) is 0 Å². The average Bonchev–Trinajstić information content (AvgIpc) is 2.81. The lowest BCUT2D eigenvalue weighted by Crippen LogP contribution is -2.14. The molecule has 0 aromatic carbocycles. The van der Waals surface area contributed by atoms with Crippen molar-refractivity contribution in [2.45, 2.75) is 12.7 Å². The summed E-state index contributed by atoms with van der Waals surface area (Å²) >= 11 is 0. The molecule has 0 aliphatic carbocycles. The molecule has 6 nitrogen and oxygen atoms in total. The minimum absolute atomic E-state index is 0.0855. The van der Waals surface area contributed by atoms with E-state index in [1.807, 2.05) is 0 Å². The number of hydrogen-bond acceptors (Lipinski definition) is 5. The number of anilines is 2. The fourth-order valence-electron chi connectivity index (χ4n) is 1.53. The van der Waals surface area contributed by atoms with Crippen molar-refractivity contribution in [2.24, 2.45) is 7.05 Å². The molecular weight excluding hydrogens is 273 g/mol. The highest BCUT2D eigenvalue weighted by Gasteiger charge is 2.35. The summed E-state index contributed by atoms with van der Waals surface area (Å²) in [6.45, 7) is 0.276. The molecule has 0 saturated carbocycles. The molecule has 0 atom stereocenters. The van der Waals surface area contributed by atoms with Crippen LogP contribution < -0.4 is 10.6 Å². The van der Waals surface area contributed by atoms with Crippen molar-refractivity contribution in [1.29, 1.82) is 0 Å². The van der Waals surface area contributed by atoms with E-state index < -0.39 is 12.0 Å². The molecule has 0 aliphatic heterocycles. The lowest BCUT2D eigenvalue weighted by molar-refractivity contribution is -0.144. The molecule has 2 N–H and O–H groups in total. The SMILES string of the molecule is CNc1cc(NCc2ccn(C)n2)nc(C(F)(F)F)n1. The van der Waals surface area contributed by atoms with E-state index in [2.05, 4.69) is 25.7 Å². The third-order valence-corrected chi connectivity index (χ3v) is 2.46. The van der Waals surface area contributed by atoms with Crippen molar-refractivity contribution in [1.82, 2.24) is 19.7 Å². The van der Waals surface area contributed by atoms with Gasteiger partial charge in [0.2, 0.25) is 5.82 Å². The Bertz CT molecular complexity index is 592.